The van der Waals surface area contributed by atoms with Gasteiger partial charge in [-0.25, -0.2) is 9.79 Å². The summed E-state index contributed by atoms with van der Waals surface area (Å²) < 4.78 is 15.5. The Morgan fingerprint density at radius 2 is 1.91 bits per heavy atom. The number of ether oxygens (including phenoxy) is 3. The lowest BCUT2D eigenvalue weighted by Gasteiger charge is -2.07. The number of carbonyl (C=O) groups excluding carboxylic acids is 1. The molecule has 0 aromatic heterocycles. The van der Waals surface area contributed by atoms with Gasteiger partial charge in [-0.2, -0.15) is 0 Å². The monoisotopic (exact) mass is 299 g/mol. The number of allylic oxidation sites excluding steroid dienone is 3. The highest BCUT2D eigenvalue weighted by molar-refractivity contribution is 6.10. The van der Waals surface area contributed by atoms with Crippen LogP contribution >= 0.6 is 0 Å². The predicted molar refractivity (Wildman–Crippen MR) is 85.0 cm³/mol. The molecule has 0 unspecified atom stereocenters. The summed E-state index contributed by atoms with van der Waals surface area (Å²) in [5.74, 6) is 1.00. The van der Waals surface area contributed by atoms with Crippen molar-refractivity contribution in [1.29, 1.82) is 0 Å². The van der Waals surface area contributed by atoms with Crippen LogP contribution in [0.5, 0.6) is 11.5 Å². The van der Waals surface area contributed by atoms with Gasteiger partial charge in [0.25, 0.3) is 0 Å². The molecule has 1 aliphatic rings. The number of esters is 1. The number of hydrogen-bond donors (Lipinski definition) is 0. The lowest BCUT2D eigenvalue weighted by molar-refractivity contribution is -0.129. The SMILES string of the molecule is C/C=C/C=C/C1=NC(=C\c2ccc(OC)c(OC)c2)/C(=O)O1. The molecule has 0 aliphatic carbocycles. The van der Waals surface area contributed by atoms with E-state index in [-0.39, 0.29) is 11.6 Å². The number of rotatable bonds is 5. The van der Waals surface area contributed by atoms with Crippen LogP contribution < -0.4 is 9.47 Å². The average Bonchev–Trinajstić information content (AvgIpc) is 2.87. The third kappa shape index (κ3) is 3.63. The molecule has 1 aromatic carbocycles. The van der Waals surface area contributed by atoms with Crippen molar-refractivity contribution in [2.24, 2.45) is 4.99 Å². The van der Waals surface area contributed by atoms with E-state index in [0.29, 0.717) is 11.5 Å². The molecule has 22 heavy (non-hydrogen) atoms. The molecule has 0 radical (unpaired) electrons. The molecule has 1 aliphatic heterocycles. The fourth-order valence-corrected chi connectivity index (χ4v) is 1.85. The second-order valence-electron chi connectivity index (χ2n) is 4.37. The third-order valence-corrected chi connectivity index (χ3v) is 2.89. The molecule has 0 saturated heterocycles. The molecule has 1 heterocycles. The molecular weight excluding hydrogens is 282 g/mol. The van der Waals surface area contributed by atoms with Crippen molar-refractivity contribution in [2.45, 2.75) is 6.92 Å². The van der Waals surface area contributed by atoms with Crippen molar-refractivity contribution in [3.05, 3.63) is 53.8 Å². The Labute approximate surface area is 129 Å². The summed E-state index contributed by atoms with van der Waals surface area (Å²) in [4.78, 5) is 15.9. The summed E-state index contributed by atoms with van der Waals surface area (Å²) in [5, 5.41) is 0. The first-order chi connectivity index (χ1) is 10.7. The van der Waals surface area contributed by atoms with Crippen LogP contribution in [-0.4, -0.2) is 26.1 Å². The van der Waals surface area contributed by atoms with Gasteiger partial charge in [0.1, 0.15) is 0 Å². The van der Waals surface area contributed by atoms with Gasteiger partial charge in [0.05, 0.1) is 14.2 Å². The first kappa shape index (κ1) is 15.6. The van der Waals surface area contributed by atoms with E-state index in [2.05, 4.69) is 4.99 Å². The minimum Gasteiger partial charge on any atom is -0.493 e. The molecule has 0 bridgehead atoms. The lowest BCUT2D eigenvalue weighted by atomic mass is 10.1. The van der Waals surface area contributed by atoms with Crippen LogP contribution in [0.3, 0.4) is 0 Å². The van der Waals surface area contributed by atoms with Crippen molar-refractivity contribution in [3.63, 3.8) is 0 Å². The van der Waals surface area contributed by atoms with E-state index in [1.807, 2.05) is 25.1 Å². The van der Waals surface area contributed by atoms with Crippen LogP contribution in [-0.2, 0) is 9.53 Å². The van der Waals surface area contributed by atoms with Gasteiger partial charge in [0, 0.05) is 6.08 Å². The van der Waals surface area contributed by atoms with Crippen molar-refractivity contribution in [3.8, 4) is 11.5 Å². The lowest BCUT2D eigenvalue weighted by Crippen LogP contribution is -2.01. The van der Waals surface area contributed by atoms with Crippen LogP contribution in [0.25, 0.3) is 6.08 Å². The highest BCUT2D eigenvalue weighted by Crippen LogP contribution is 2.29. The van der Waals surface area contributed by atoms with E-state index in [1.165, 1.54) is 0 Å². The minimum atomic E-state index is -0.477. The van der Waals surface area contributed by atoms with Crippen molar-refractivity contribution >= 4 is 17.9 Å². The normalized spacial score (nSPS) is 16.4. The number of carbonyl (C=O) groups is 1. The van der Waals surface area contributed by atoms with Gasteiger partial charge >= 0.3 is 5.97 Å². The second-order valence-corrected chi connectivity index (χ2v) is 4.37. The molecule has 2 rings (SSSR count). The molecule has 5 nitrogen and oxygen atoms in total. The first-order valence-electron chi connectivity index (χ1n) is 6.72. The van der Waals surface area contributed by atoms with Crippen molar-refractivity contribution in [2.75, 3.05) is 14.2 Å². The Morgan fingerprint density at radius 1 is 1.14 bits per heavy atom. The van der Waals surface area contributed by atoms with Gasteiger partial charge < -0.3 is 14.2 Å². The maximum absolute atomic E-state index is 11.8. The van der Waals surface area contributed by atoms with Gasteiger partial charge in [-0.05, 0) is 30.7 Å². The topological polar surface area (TPSA) is 57.1 Å². The highest BCUT2D eigenvalue weighted by atomic mass is 16.6. The van der Waals surface area contributed by atoms with Crippen LogP contribution in [0, 0.1) is 0 Å². The molecule has 0 saturated carbocycles. The maximum atomic E-state index is 11.8. The van der Waals surface area contributed by atoms with E-state index < -0.39 is 5.97 Å². The number of hydrogen-bond acceptors (Lipinski definition) is 5. The fourth-order valence-electron chi connectivity index (χ4n) is 1.85. The minimum absolute atomic E-state index is 0.243. The molecule has 1 aromatic rings. The van der Waals surface area contributed by atoms with Crippen molar-refractivity contribution in [1.82, 2.24) is 0 Å². The Balaban J connectivity index is 2.27. The summed E-state index contributed by atoms with van der Waals surface area (Å²) >= 11 is 0. The summed E-state index contributed by atoms with van der Waals surface area (Å²) in [7, 11) is 3.12. The Morgan fingerprint density at radius 3 is 2.59 bits per heavy atom. The van der Waals surface area contributed by atoms with Crippen LogP contribution in [0.2, 0.25) is 0 Å². The van der Waals surface area contributed by atoms with Gasteiger partial charge in [-0.15, -0.1) is 0 Å². The Kier molecular flexibility index (Phi) is 5.14. The second kappa shape index (κ2) is 7.26. The number of methoxy groups -OCH3 is 2. The van der Waals surface area contributed by atoms with E-state index in [1.54, 1.807) is 44.6 Å². The molecule has 5 heteroatoms. The number of benzene rings is 1. The highest BCUT2D eigenvalue weighted by Gasteiger charge is 2.21. The summed E-state index contributed by atoms with van der Waals surface area (Å²) in [6.07, 6.45) is 8.72. The molecule has 114 valence electrons. The Bertz CT molecular complexity index is 684. The number of cyclic esters (lactones) is 1. The molecule has 0 atom stereocenters. The molecule has 0 amide bonds. The third-order valence-electron chi connectivity index (χ3n) is 2.89. The Hall–Kier alpha value is -2.82. The van der Waals surface area contributed by atoms with Crippen LogP contribution in [0.1, 0.15) is 12.5 Å². The summed E-state index contributed by atoms with van der Waals surface area (Å²) in [6, 6.07) is 5.34. The van der Waals surface area contributed by atoms with Crippen LogP contribution in [0.4, 0.5) is 0 Å². The standard InChI is InChI=1S/C17H17NO4/c1-4-5-6-7-16-18-13(17(19)22-16)10-12-8-9-14(20-2)15(11-12)21-3/h4-11H,1-3H3/b5-4+,7-6+,13-10-. The van der Waals surface area contributed by atoms with Gasteiger partial charge in [-0.3, -0.25) is 0 Å². The van der Waals surface area contributed by atoms with E-state index in [4.69, 9.17) is 14.2 Å². The summed E-state index contributed by atoms with van der Waals surface area (Å²) in [6.45, 7) is 1.90. The first-order valence-corrected chi connectivity index (χ1v) is 6.72. The van der Waals surface area contributed by atoms with E-state index >= 15 is 0 Å². The quantitative estimate of drug-likeness (QED) is 0.476. The largest absolute Gasteiger partial charge is 0.493 e. The zero-order valence-electron chi connectivity index (χ0n) is 12.7. The zero-order chi connectivity index (χ0) is 15.9. The van der Waals surface area contributed by atoms with Gasteiger partial charge in [0.15, 0.2) is 17.2 Å². The van der Waals surface area contributed by atoms with Gasteiger partial charge in [0.2, 0.25) is 5.90 Å². The summed E-state index contributed by atoms with van der Waals surface area (Å²) in [5.41, 5.74) is 1.01. The molecular formula is C17H17NO4. The zero-order valence-corrected chi connectivity index (χ0v) is 12.7. The van der Waals surface area contributed by atoms with Gasteiger partial charge in [-0.1, -0.05) is 24.3 Å². The fraction of sp³-hybridized carbons (Fsp3) is 0.176. The smallest absolute Gasteiger partial charge is 0.363 e. The number of nitrogens with zero attached hydrogens (tertiary/aromatic N) is 1. The molecule has 0 spiro atoms. The van der Waals surface area contributed by atoms with E-state index in [0.717, 1.165) is 5.56 Å². The average molecular weight is 299 g/mol. The predicted octanol–water partition coefficient (Wildman–Crippen LogP) is 3.13. The molecule has 0 N–H and O–H groups in total. The number of aliphatic imine (C=N–C) groups is 1. The van der Waals surface area contributed by atoms with E-state index in [9.17, 15) is 4.79 Å². The van der Waals surface area contributed by atoms with Crippen LogP contribution in [0.15, 0.2) is 53.2 Å². The maximum Gasteiger partial charge on any atom is 0.363 e. The molecule has 0 fully saturated rings. The van der Waals surface area contributed by atoms with Crippen molar-refractivity contribution < 1.29 is 19.0 Å².